The molecule has 1 amide bonds. The van der Waals surface area contributed by atoms with Crippen molar-refractivity contribution in [1.82, 2.24) is 9.80 Å². The number of carbonyl (C=O) groups is 1. The summed E-state index contributed by atoms with van der Waals surface area (Å²) in [6, 6.07) is 0.424. The molecule has 1 saturated carbocycles. The van der Waals surface area contributed by atoms with Gasteiger partial charge in [-0.3, -0.25) is 4.79 Å². The molecule has 1 aliphatic carbocycles. The molecule has 4 heteroatoms. The quantitative estimate of drug-likeness (QED) is 0.870. The smallest absolute Gasteiger partial charge is 0.239 e. The fourth-order valence-corrected chi connectivity index (χ4v) is 4.97. The van der Waals surface area contributed by atoms with Gasteiger partial charge in [0.1, 0.15) is 0 Å². The second-order valence-electron chi connectivity index (χ2n) is 7.87. The number of amides is 1. The summed E-state index contributed by atoms with van der Waals surface area (Å²) in [6.07, 6.45) is 11.1. The lowest BCUT2D eigenvalue weighted by molar-refractivity contribution is -0.136. The van der Waals surface area contributed by atoms with Gasteiger partial charge in [-0.25, -0.2) is 0 Å². The predicted molar refractivity (Wildman–Crippen MR) is 89.5 cm³/mol. The summed E-state index contributed by atoms with van der Waals surface area (Å²) >= 11 is 0. The van der Waals surface area contributed by atoms with Crippen molar-refractivity contribution in [2.24, 2.45) is 17.6 Å². The van der Waals surface area contributed by atoms with E-state index < -0.39 is 0 Å². The molecule has 0 aromatic rings. The average molecular weight is 307 g/mol. The van der Waals surface area contributed by atoms with E-state index in [0.29, 0.717) is 17.9 Å². The van der Waals surface area contributed by atoms with Crippen LogP contribution in [-0.2, 0) is 4.79 Å². The molecule has 22 heavy (non-hydrogen) atoms. The maximum absolute atomic E-state index is 12.7. The lowest BCUT2D eigenvalue weighted by atomic mass is 9.83. The van der Waals surface area contributed by atoms with Crippen molar-refractivity contribution in [2.45, 2.75) is 69.9 Å². The van der Waals surface area contributed by atoms with E-state index >= 15 is 0 Å². The molecule has 3 unspecified atom stereocenters. The largest absolute Gasteiger partial charge is 0.341 e. The third-order valence-corrected chi connectivity index (χ3v) is 6.29. The highest BCUT2D eigenvalue weighted by Gasteiger charge is 2.37. The van der Waals surface area contributed by atoms with Crippen LogP contribution in [0.5, 0.6) is 0 Å². The van der Waals surface area contributed by atoms with E-state index in [-0.39, 0.29) is 11.9 Å². The fourth-order valence-electron chi connectivity index (χ4n) is 4.97. The molecule has 4 nitrogen and oxygen atoms in total. The van der Waals surface area contributed by atoms with E-state index in [1.165, 1.54) is 51.5 Å². The monoisotopic (exact) mass is 307 g/mol. The third-order valence-electron chi connectivity index (χ3n) is 6.29. The number of rotatable bonds is 3. The Hall–Kier alpha value is -0.610. The molecule has 2 aliphatic heterocycles. The molecule has 0 bridgehead atoms. The van der Waals surface area contributed by atoms with E-state index in [1.54, 1.807) is 0 Å². The van der Waals surface area contributed by atoms with Gasteiger partial charge in [-0.1, -0.05) is 32.1 Å². The molecule has 2 N–H and O–H groups in total. The second-order valence-corrected chi connectivity index (χ2v) is 7.87. The van der Waals surface area contributed by atoms with Gasteiger partial charge >= 0.3 is 0 Å². The van der Waals surface area contributed by atoms with Crippen LogP contribution >= 0.6 is 0 Å². The van der Waals surface area contributed by atoms with Gasteiger partial charge in [0.05, 0.1) is 6.04 Å². The molecule has 0 aromatic heterocycles. The van der Waals surface area contributed by atoms with Crippen molar-refractivity contribution in [3.8, 4) is 0 Å². The highest BCUT2D eigenvalue weighted by molar-refractivity contribution is 5.81. The summed E-state index contributed by atoms with van der Waals surface area (Å²) in [7, 11) is 2.24. The lowest BCUT2D eigenvalue weighted by Crippen LogP contribution is -2.56. The zero-order valence-electron chi connectivity index (χ0n) is 14.2. The SMILES string of the molecule is CN1CCCC2CN(C(=O)C(N)CC3CCCCC3)CCC21. The van der Waals surface area contributed by atoms with Crippen LogP contribution in [0.2, 0.25) is 0 Å². The number of fused-ring (bicyclic) bond motifs is 1. The lowest BCUT2D eigenvalue weighted by Gasteiger charge is -2.46. The normalized spacial score (nSPS) is 32.5. The van der Waals surface area contributed by atoms with Crippen molar-refractivity contribution in [1.29, 1.82) is 0 Å². The molecule has 2 heterocycles. The van der Waals surface area contributed by atoms with E-state index in [1.807, 2.05) is 0 Å². The minimum Gasteiger partial charge on any atom is -0.341 e. The zero-order valence-corrected chi connectivity index (χ0v) is 14.2. The Morgan fingerprint density at radius 3 is 2.64 bits per heavy atom. The maximum Gasteiger partial charge on any atom is 0.239 e. The molecule has 3 aliphatic rings. The fraction of sp³-hybridized carbons (Fsp3) is 0.944. The molecule has 3 rings (SSSR count). The van der Waals surface area contributed by atoms with Gasteiger partial charge < -0.3 is 15.5 Å². The first-order valence-electron chi connectivity index (χ1n) is 9.39. The van der Waals surface area contributed by atoms with Gasteiger partial charge in [0.15, 0.2) is 0 Å². The number of carbonyl (C=O) groups excluding carboxylic acids is 1. The number of hydrogen-bond acceptors (Lipinski definition) is 3. The van der Waals surface area contributed by atoms with Crippen LogP contribution < -0.4 is 5.73 Å². The summed E-state index contributed by atoms with van der Waals surface area (Å²) < 4.78 is 0. The van der Waals surface area contributed by atoms with Gasteiger partial charge in [-0.2, -0.15) is 0 Å². The minimum atomic E-state index is -0.263. The van der Waals surface area contributed by atoms with Crippen molar-refractivity contribution >= 4 is 5.91 Å². The maximum atomic E-state index is 12.7. The first-order valence-corrected chi connectivity index (χ1v) is 9.39. The number of piperidine rings is 2. The van der Waals surface area contributed by atoms with Gasteiger partial charge in [0.2, 0.25) is 5.91 Å². The Balaban J connectivity index is 1.51. The molecule has 2 saturated heterocycles. The molecule has 0 spiro atoms. The van der Waals surface area contributed by atoms with Gasteiger partial charge in [-0.15, -0.1) is 0 Å². The summed E-state index contributed by atoms with van der Waals surface area (Å²) in [5.74, 6) is 1.57. The summed E-state index contributed by atoms with van der Waals surface area (Å²) in [5.41, 5.74) is 6.27. The molecular formula is C18H33N3O. The van der Waals surface area contributed by atoms with Crippen LogP contribution in [0.25, 0.3) is 0 Å². The minimum absolute atomic E-state index is 0.220. The Bertz CT molecular complexity index is 381. The highest BCUT2D eigenvalue weighted by Crippen LogP contribution is 2.31. The van der Waals surface area contributed by atoms with E-state index in [0.717, 1.165) is 25.9 Å². The van der Waals surface area contributed by atoms with Gasteiger partial charge in [0.25, 0.3) is 0 Å². The van der Waals surface area contributed by atoms with Crippen LogP contribution in [0.1, 0.15) is 57.8 Å². The highest BCUT2D eigenvalue weighted by atomic mass is 16.2. The second kappa shape index (κ2) is 7.31. The van der Waals surface area contributed by atoms with Crippen LogP contribution in [0.4, 0.5) is 0 Å². The average Bonchev–Trinajstić information content (AvgIpc) is 2.55. The van der Waals surface area contributed by atoms with Crippen LogP contribution in [0.3, 0.4) is 0 Å². The van der Waals surface area contributed by atoms with Crippen LogP contribution in [-0.4, -0.2) is 54.5 Å². The molecule has 0 radical (unpaired) electrons. The Morgan fingerprint density at radius 2 is 1.86 bits per heavy atom. The van der Waals surface area contributed by atoms with Gasteiger partial charge in [0, 0.05) is 19.1 Å². The van der Waals surface area contributed by atoms with E-state index in [4.69, 9.17) is 5.73 Å². The first kappa shape index (κ1) is 16.3. The van der Waals surface area contributed by atoms with Crippen molar-refractivity contribution in [3.63, 3.8) is 0 Å². The number of nitrogens with zero attached hydrogens (tertiary/aromatic N) is 2. The zero-order chi connectivity index (χ0) is 15.5. The molecular weight excluding hydrogens is 274 g/mol. The number of hydrogen-bond donors (Lipinski definition) is 1. The summed E-state index contributed by atoms with van der Waals surface area (Å²) in [4.78, 5) is 17.3. The summed E-state index contributed by atoms with van der Waals surface area (Å²) in [5, 5.41) is 0. The standard InChI is InChI=1S/C18H33N3O/c1-20-10-5-8-15-13-21(11-9-17(15)20)18(22)16(19)12-14-6-3-2-4-7-14/h14-17H,2-13,19H2,1H3. The first-order chi connectivity index (χ1) is 10.6. The number of nitrogens with two attached hydrogens (primary N) is 1. The predicted octanol–water partition coefficient (Wildman–Crippen LogP) is 2.23. The van der Waals surface area contributed by atoms with Crippen molar-refractivity contribution < 1.29 is 4.79 Å². The van der Waals surface area contributed by atoms with E-state index in [9.17, 15) is 4.79 Å². The molecule has 3 fully saturated rings. The Morgan fingerprint density at radius 1 is 1.09 bits per heavy atom. The molecule has 126 valence electrons. The molecule has 3 atom stereocenters. The van der Waals surface area contributed by atoms with Crippen molar-refractivity contribution in [2.75, 3.05) is 26.7 Å². The van der Waals surface area contributed by atoms with Crippen LogP contribution in [0.15, 0.2) is 0 Å². The van der Waals surface area contributed by atoms with E-state index in [2.05, 4.69) is 16.8 Å². The van der Waals surface area contributed by atoms with Crippen molar-refractivity contribution in [3.05, 3.63) is 0 Å². The summed E-state index contributed by atoms with van der Waals surface area (Å²) in [6.45, 7) is 3.06. The third kappa shape index (κ3) is 3.65. The Kier molecular flexibility index (Phi) is 5.40. The topological polar surface area (TPSA) is 49.6 Å². The van der Waals surface area contributed by atoms with Gasteiger partial charge in [-0.05, 0) is 51.1 Å². The Labute approximate surface area is 135 Å². The molecule has 0 aromatic carbocycles. The number of likely N-dealkylation sites (tertiary alicyclic amines) is 2. The van der Waals surface area contributed by atoms with Crippen LogP contribution in [0, 0.1) is 11.8 Å².